The fourth-order valence-corrected chi connectivity index (χ4v) is 1.80. The van der Waals surface area contributed by atoms with E-state index in [1.165, 1.54) is 6.07 Å². The first-order valence-corrected chi connectivity index (χ1v) is 5.50. The second-order valence-corrected chi connectivity index (χ2v) is 4.26. The Morgan fingerprint density at radius 1 is 1.33 bits per heavy atom. The van der Waals surface area contributed by atoms with Gasteiger partial charge in [0.2, 0.25) is 0 Å². The second-order valence-electron chi connectivity index (χ2n) is 4.26. The van der Waals surface area contributed by atoms with E-state index >= 15 is 0 Å². The quantitative estimate of drug-likeness (QED) is 0.667. The Bertz CT molecular complexity index is 470. The summed E-state index contributed by atoms with van der Waals surface area (Å²) in [6, 6.07) is 3.18. The minimum Gasteiger partial charge on any atom is -0.382 e. The molecule has 0 aromatic heterocycles. The van der Waals surface area contributed by atoms with Crippen LogP contribution >= 0.6 is 0 Å². The van der Waals surface area contributed by atoms with Crippen LogP contribution in [0.5, 0.6) is 0 Å². The highest BCUT2D eigenvalue weighted by atomic mass is 19.4. The molecule has 1 fully saturated rings. The summed E-state index contributed by atoms with van der Waals surface area (Å²) in [5, 5.41) is 13.5. The molecule has 0 aliphatic heterocycles. The van der Waals surface area contributed by atoms with Gasteiger partial charge in [0, 0.05) is 17.8 Å². The van der Waals surface area contributed by atoms with Crippen molar-refractivity contribution in [1.29, 1.82) is 0 Å². The average molecular weight is 260 g/mol. The number of nitro groups is 1. The van der Waals surface area contributed by atoms with Crippen molar-refractivity contribution in [3.8, 4) is 0 Å². The Hall–Kier alpha value is -1.79. The van der Waals surface area contributed by atoms with E-state index in [2.05, 4.69) is 5.32 Å². The van der Waals surface area contributed by atoms with E-state index in [0.29, 0.717) is 0 Å². The van der Waals surface area contributed by atoms with Crippen molar-refractivity contribution < 1.29 is 18.1 Å². The van der Waals surface area contributed by atoms with Crippen LogP contribution in [0.4, 0.5) is 24.5 Å². The molecule has 1 aliphatic carbocycles. The summed E-state index contributed by atoms with van der Waals surface area (Å²) in [6.07, 6.45) is -1.84. The molecule has 0 atom stereocenters. The zero-order valence-electron chi connectivity index (χ0n) is 9.33. The van der Waals surface area contributed by atoms with Gasteiger partial charge in [0.25, 0.3) is 5.69 Å². The smallest absolute Gasteiger partial charge is 0.382 e. The van der Waals surface area contributed by atoms with E-state index in [1.54, 1.807) is 0 Å². The normalized spacial score (nSPS) is 16.2. The Morgan fingerprint density at radius 3 is 2.44 bits per heavy atom. The molecule has 0 heterocycles. The predicted molar refractivity (Wildman–Crippen MR) is 59.4 cm³/mol. The molecule has 0 unspecified atom stereocenters. The summed E-state index contributed by atoms with van der Waals surface area (Å²) in [7, 11) is 0. The van der Waals surface area contributed by atoms with Crippen molar-refractivity contribution in [3.05, 3.63) is 33.9 Å². The van der Waals surface area contributed by atoms with Gasteiger partial charge in [0.1, 0.15) is 5.56 Å². The third kappa shape index (κ3) is 2.55. The minimum absolute atomic E-state index is 0.174. The molecule has 0 bridgehead atoms. The zero-order valence-corrected chi connectivity index (χ0v) is 9.33. The van der Waals surface area contributed by atoms with Crippen molar-refractivity contribution in [2.75, 3.05) is 5.32 Å². The zero-order chi connectivity index (χ0) is 13.3. The Labute approximate surface area is 101 Å². The first-order valence-electron chi connectivity index (χ1n) is 5.50. The van der Waals surface area contributed by atoms with Crippen LogP contribution in [0, 0.1) is 10.1 Å². The fraction of sp³-hybridized carbons (Fsp3) is 0.455. The number of halogens is 3. The van der Waals surface area contributed by atoms with Crippen molar-refractivity contribution in [2.24, 2.45) is 0 Å². The summed E-state index contributed by atoms with van der Waals surface area (Å²) < 4.78 is 38.1. The van der Waals surface area contributed by atoms with Crippen LogP contribution in [0.2, 0.25) is 0 Å². The van der Waals surface area contributed by atoms with Gasteiger partial charge in [-0.15, -0.1) is 0 Å². The van der Waals surface area contributed by atoms with Gasteiger partial charge in [-0.2, -0.15) is 13.2 Å². The molecule has 0 spiro atoms. The molecule has 0 amide bonds. The van der Waals surface area contributed by atoms with Gasteiger partial charge in [-0.1, -0.05) is 0 Å². The molecule has 7 heteroatoms. The summed E-state index contributed by atoms with van der Waals surface area (Å²) in [5.74, 6) is 0. The van der Waals surface area contributed by atoms with Crippen LogP contribution in [-0.2, 0) is 6.18 Å². The van der Waals surface area contributed by atoms with Crippen LogP contribution in [0.1, 0.15) is 24.8 Å². The highest BCUT2D eigenvalue weighted by Gasteiger charge is 2.38. The largest absolute Gasteiger partial charge is 0.423 e. The third-order valence-electron chi connectivity index (χ3n) is 2.97. The molecular weight excluding hydrogens is 249 g/mol. The van der Waals surface area contributed by atoms with Crippen LogP contribution in [-0.4, -0.2) is 11.0 Å². The lowest BCUT2D eigenvalue weighted by atomic mass is 9.93. The van der Waals surface area contributed by atoms with Crippen LogP contribution in [0.15, 0.2) is 18.2 Å². The Balaban J connectivity index is 2.32. The van der Waals surface area contributed by atoms with Gasteiger partial charge in [-0.3, -0.25) is 10.1 Å². The maximum atomic E-state index is 12.7. The van der Waals surface area contributed by atoms with Crippen molar-refractivity contribution in [2.45, 2.75) is 31.5 Å². The number of alkyl halides is 3. The first kappa shape index (κ1) is 12.7. The van der Waals surface area contributed by atoms with Crippen LogP contribution in [0.25, 0.3) is 0 Å². The molecule has 1 N–H and O–H groups in total. The molecule has 1 saturated carbocycles. The summed E-state index contributed by atoms with van der Waals surface area (Å²) in [6.45, 7) is 0. The Morgan fingerprint density at radius 2 is 2.00 bits per heavy atom. The van der Waals surface area contributed by atoms with E-state index < -0.39 is 22.4 Å². The van der Waals surface area contributed by atoms with Gasteiger partial charge < -0.3 is 5.32 Å². The third-order valence-corrected chi connectivity index (χ3v) is 2.97. The summed E-state index contributed by atoms with van der Waals surface area (Å²) >= 11 is 0. The maximum Gasteiger partial charge on any atom is 0.423 e. The van der Waals surface area contributed by atoms with Crippen molar-refractivity contribution in [3.63, 3.8) is 0 Å². The number of nitrogens with one attached hydrogen (secondary N) is 1. The topological polar surface area (TPSA) is 55.2 Å². The molecule has 0 saturated heterocycles. The summed E-state index contributed by atoms with van der Waals surface area (Å²) in [5.41, 5.74) is -1.85. The van der Waals surface area contributed by atoms with Gasteiger partial charge in [-0.25, -0.2) is 0 Å². The van der Waals surface area contributed by atoms with Crippen molar-refractivity contribution >= 4 is 11.4 Å². The van der Waals surface area contributed by atoms with Gasteiger partial charge in [0.15, 0.2) is 0 Å². The van der Waals surface area contributed by atoms with E-state index in [-0.39, 0.29) is 11.7 Å². The number of rotatable bonds is 3. The summed E-state index contributed by atoms with van der Waals surface area (Å²) in [4.78, 5) is 9.54. The number of anilines is 1. The number of hydrogen-bond acceptors (Lipinski definition) is 3. The molecule has 2 rings (SSSR count). The standard InChI is InChI=1S/C11H11F3N2O2/c12-11(13,14)9-6-8(15-7-2-1-3-7)4-5-10(9)16(17)18/h4-7,15H,1-3H2. The molecule has 98 valence electrons. The fourth-order valence-electron chi connectivity index (χ4n) is 1.80. The SMILES string of the molecule is O=[N+]([O-])c1ccc(NC2CCC2)cc1C(F)(F)F. The van der Waals surface area contributed by atoms with Gasteiger partial charge in [0.05, 0.1) is 4.92 Å². The predicted octanol–water partition coefficient (Wildman–Crippen LogP) is 3.58. The monoisotopic (exact) mass is 260 g/mol. The van der Waals surface area contributed by atoms with Crippen molar-refractivity contribution in [1.82, 2.24) is 0 Å². The number of benzene rings is 1. The number of hydrogen-bond donors (Lipinski definition) is 1. The van der Waals surface area contributed by atoms with E-state index in [1.807, 2.05) is 0 Å². The van der Waals surface area contributed by atoms with Crippen LogP contribution < -0.4 is 5.32 Å². The lowest BCUT2D eigenvalue weighted by molar-refractivity contribution is -0.388. The van der Waals surface area contributed by atoms with Crippen LogP contribution in [0.3, 0.4) is 0 Å². The molecule has 4 nitrogen and oxygen atoms in total. The van der Waals surface area contributed by atoms with E-state index in [4.69, 9.17) is 0 Å². The molecule has 1 aromatic carbocycles. The molecule has 1 aliphatic rings. The second kappa shape index (κ2) is 4.47. The lowest BCUT2D eigenvalue weighted by Gasteiger charge is -2.27. The van der Waals surface area contributed by atoms with Gasteiger partial charge >= 0.3 is 6.18 Å². The number of nitro benzene ring substituents is 1. The van der Waals surface area contributed by atoms with E-state index in [0.717, 1.165) is 31.4 Å². The minimum atomic E-state index is -4.72. The number of nitrogens with zero attached hydrogens (tertiary/aromatic N) is 1. The molecule has 18 heavy (non-hydrogen) atoms. The Kier molecular flexibility index (Phi) is 3.14. The molecule has 0 radical (unpaired) electrons. The first-order chi connectivity index (χ1) is 8.38. The average Bonchev–Trinajstić information content (AvgIpc) is 2.22. The molecular formula is C11H11F3N2O2. The highest BCUT2D eigenvalue weighted by molar-refractivity contribution is 5.55. The maximum absolute atomic E-state index is 12.7. The van der Waals surface area contributed by atoms with E-state index in [9.17, 15) is 23.3 Å². The molecule has 1 aromatic rings. The van der Waals surface area contributed by atoms with Gasteiger partial charge in [-0.05, 0) is 31.4 Å². The highest BCUT2D eigenvalue weighted by Crippen LogP contribution is 2.38. The lowest BCUT2D eigenvalue weighted by Crippen LogP contribution is -2.27.